The van der Waals surface area contributed by atoms with Crippen LogP contribution >= 0.6 is 0 Å². The Labute approximate surface area is 258 Å². The highest BCUT2D eigenvalue weighted by Crippen LogP contribution is 2.29. The van der Waals surface area contributed by atoms with E-state index < -0.39 is 30.1 Å². The Morgan fingerprint density at radius 2 is 1.45 bits per heavy atom. The zero-order valence-electron chi connectivity index (χ0n) is 25.4. The van der Waals surface area contributed by atoms with Crippen LogP contribution in [0.2, 0.25) is 0 Å². The molecule has 0 saturated carbocycles. The normalized spacial score (nSPS) is 12.4. The minimum Gasteiger partial charge on any atom is -0.464 e. The third-order valence-corrected chi connectivity index (χ3v) is 7.13. The number of amides is 2. The van der Waals surface area contributed by atoms with Gasteiger partial charge in [0.15, 0.2) is 6.10 Å². The molecule has 8 heteroatoms. The Morgan fingerprint density at radius 1 is 0.773 bits per heavy atom. The van der Waals surface area contributed by atoms with E-state index in [-0.39, 0.29) is 38.6 Å². The fourth-order valence-electron chi connectivity index (χ4n) is 5.00. The van der Waals surface area contributed by atoms with Crippen LogP contribution in [0, 0.1) is 5.92 Å². The van der Waals surface area contributed by atoms with E-state index >= 15 is 0 Å². The molecule has 8 nitrogen and oxygen atoms in total. The number of benzene rings is 4. The van der Waals surface area contributed by atoms with Gasteiger partial charge in [-0.05, 0) is 45.9 Å². The molecule has 44 heavy (non-hydrogen) atoms. The molecule has 0 fully saturated rings. The number of carbonyl (C=O) groups is 3. The number of fused-ring (bicyclic) bond motifs is 1. The van der Waals surface area contributed by atoms with Gasteiger partial charge < -0.3 is 24.8 Å². The number of hydrogen-bond donors (Lipinski definition) is 2. The monoisotopic (exact) mass is 596 g/mol. The maximum absolute atomic E-state index is 13.4. The Morgan fingerprint density at radius 3 is 2.16 bits per heavy atom. The average molecular weight is 597 g/mol. The highest BCUT2D eigenvalue weighted by molar-refractivity contribution is 5.96. The van der Waals surface area contributed by atoms with E-state index in [1.54, 1.807) is 6.92 Å². The molecule has 0 saturated heterocycles. The number of rotatable bonds is 13. The summed E-state index contributed by atoms with van der Waals surface area (Å²) in [7, 11) is 0. The van der Waals surface area contributed by atoms with Crippen molar-refractivity contribution >= 4 is 28.7 Å². The minimum atomic E-state index is -1.55. The van der Waals surface area contributed by atoms with Gasteiger partial charge in [-0.3, -0.25) is 0 Å². The number of hydrogen-bond acceptors (Lipinski definition) is 6. The van der Waals surface area contributed by atoms with E-state index in [4.69, 9.17) is 9.47 Å². The summed E-state index contributed by atoms with van der Waals surface area (Å²) < 4.78 is 10.5. The van der Waals surface area contributed by atoms with Crippen molar-refractivity contribution in [2.24, 2.45) is 5.92 Å². The van der Waals surface area contributed by atoms with Gasteiger partial charge in [0.25, 0.3) is 0 Å². The van der Waals surface area contributed by atoms with E-state index in [2.05, 4.69) is 29.6 Å². The summed E-state index contributed by atoms with van der Waals surface area (Å²) in [6, 6.07) is 29.8. The second kappa shape index (κ2) is 15.7. The standard InChI is InChI=1S/C36H40N2O6/c1-4-43-34(40)32(21-26-17-19-29(20-18-26)31-16-10-14-28-13-8-9-15-30(28)31)37-36(42)38(22-25(2)3)23-33(39)35(41)44-24-27-11-6-5-7-12-27/h5-20,25,32-33,39H,4,21-24H2,1-3H3,(H,37,42)/t32-,33?/m0/s1. The molecule has 0 aromatic heterocycles. The molecule has 0 aliphatic heterocycles. The number of nitrogens with zero attached hydrogens (tertiary/aromatic N) is 1. The Bertz CT molecular complexity index is 1530. The summed E-state index contributed by atoms with van der Waals surface area (Å²) in [6.45, 7) is 5.68. The lowest BCUT2D eigenvalue weighted by atomic mass is 9.96. The van der Waals surface area contributed by atoms with Crippen LogP contribution in [0.5, 0.6) is 0 Å². The maximum atomic E-state index is 13.4. The molecule has 4 rings (SSSR count). The molecule has 0 bridgehead atoms. The van der Waals surface area contributed by atoms with Crippen molar-refractivity contribution in [1.29, 1.82) is 0 Å². The molecule has 2 N–H and O–H groups in total. The fourth-order valence-corrected chi connectivity index (χ4v) is 5.00. The van der Waals surface area contributed by atoms with Crippen LogP contribution < -0.4 is 5.32 Å². The summed E-state index contributed by atoms with van der Waals surface area (Å²) in [4.78, 5) is 40.2. The van der Waals surface area contributed by atoms with E-state index in [0.717, 1.165) is 33.0 Å². The first-order valence-electron chi connectivity index (χ1n) is 14.9. The second-order valence-electron chi connectivity index (χ2n) is 11.1. The van der Waals surface area contributed by atoms with Gasteiger partial charge in [-0.15, -0.1) is 0 Å². The number of aliphatic hydroxyl groups is 1. The van der Waals surface area contributed by atoms with Gasteiger partial charge in [0.2, 0.25) is 0 Å². The largest absolute Gasteiger partial charge is 0.464 e. The van der Waals surface area contributed by atoms with Gasteiger partial charge in [-0.25, -0.2) is 14.4 Å². The molecule has 0 heterocycles. The first kappa shape index (κ1) is 32.2. The molecule has 0 aliphatic rings. The highest BCUT2D eigenvalue weighted by atomic mass is 16.5. The van der Waals surface area contributed by atoms with E-state index in [9.17, 15) is 19.5 Å². The van der Waals surface area contributed by atoms with Crippen molar-refractivity contribution < 1.29 is 29.0 Å². The number of nitrogens with one attached hydrogen (secondary N) is 1. The quantitative estimate of drug-likeness (QED) is 0.190. The Balaban J connectivity index is 1.44. The van der Waals surface area contributed by atoms with Gasteiger partial charge in [0.05, 0.1) is 13.2 Å². The zero-order valence-corrected chi connectivity index (χ0v) is 25.4. The van der Waals surface area contributed by atoms with Crippen molar-refractivity contribution in [3.8, 4) is 11.1 Å². The van der Waals surface area contributed by atoms with Crippen LogP contribution in [0.15, 0.2) is 97.1 Å². The van der Waals surface area contributed by atoms with Gasteiger partial charge in [0.1, 0.15) is 12.6 Å². The number of carbonyl (C=O) groups excluding carboxylic acids is 3. The summed E-state index contributed by atoms with van der Waals surface area (Å²) in [5, 5.41) is 15.7. The van der Waals surface area contributed by atoms with E-state index in [1.807, 2.05) is 86.6 Å². The van der Waals surface area contributed by atoms with Crippen LogP contribution in [0.4, 0.5) is 4.79 Å². The molecular formula is C36H40N2O6. The molecule has 0 aliphatic carbocycles. The molecule has 0 spiro atoms. The van der Waals surface area contributed by atoms with E-state index in [0.29, 0.717) is 0 Å². The fraction of sp³-hybridized carbons (Fsp3) is 0.306. The second-order valence-corrected chi connectivity index (χ2v) is 11.1. The third kappa shape index (κ3) is 8.91. The number of urea groups is 1. The zero-order chi connectivity index (χ0) is 31.5. The topological polar surface area (TPSA) is 105 Å². The predicted molar refractivity (Wildman–Crippen MR) is 171 cm³/mol. The summed E-state index contributed by atoms with van der Waals surface area (Å²) in [6.07, 6.45) is -1.34. The predicted octanol–water partition coefficient (Wildman–Crippen LogP) is 5.75. The van der Waals surface area contributed by atoms with Crippen LogP contribution in [0.25, 0.3) is 21.9 Å². The van der Waals surface area contributed by atoms with Gasteiger partial charge in [0, 0.05) is 13.0 Å². The van der Waals surface area contributed by atoms with Gasteiger partial charge >= 0.3 is 18.0 Å². The van der Waals surface area contributed by atoms with Crippen LogP contribution in [0.3, 0.4) is 0 Å². The Kier molecular flexibility index (Phi) is 11.5. The molecule has 4 aromatic rings. The lowest BCUT2D eigenvalue weighted by Crippen LogP contribution is -2.52. The lowest BCUT2D eigenvalue weighted by molar-refractivity contribution is -0.155. The third-order valence-electron chi connectivity index (χ3n) is 7.13. The number of ether oxygens (including phenoxy) is 2. The SMILES string of the molecule is CCOC(=O)[C@H](Cc1ccc(-c2cccc3ccccc23)cc1)NC(=O)N(CC(C)C)CC(O)C(=O)OCc1ccccc1. The lowest BCUT2D eigenvalue weighted by Gasteiger charge is -2.28. The van der Waals surface area contributed by atoms with Crippen molar-refractivity contribution in [3.63, 3.8) is 0 Å². The molecule has 2 atom stereocenters. The molecule has 2 amide bonds. The van der Waals surface area contributed by atoms with Crippen molar-refractivity contribution in [2.75, 3.05) is 19.7 Å². The number of esters is 2. The Hall–Kier alpha value is -4.69. The summed E-state index contributed by atoms with van der Waals surface area (Å²) in [5.41, 5.74) is 3.77. The molecule has 1 unspecified atom stereocenters. The van der Waals surface area contributed by atoms with Crippen LogP contribution in [-0.4, -0.2) is 59.8 Å². The van der Waals surface area contributed by atoms with Crippen molar-refractivity contribution in [3.05, 3.63) is 108 Å². The summed E-state index contributed by atoms with van der Waals surface area (Å²) >= 11 is 0. The first-order valence-corrected chi connectivity index (χ1v) is 14.9. The molecular weight excluding hydrogens is 556 g/mol. The highest BCUT2D eigenvalue weighted by Gasteiger charge is 2.29. The molecule has 230 valence electrons. The van der Waals surface area contributed by atoms with Crippen LogP contribution in [-0.2, 0) is 32.1 Å². The number of aliphatic hydroxyl groups excluding tert-OH is 1. The smallest absolute Gasteiger partial charge is 0.337 e. The van der Waals surface area contributed by atoms with Gasteiger partial charge in [-0.2, -0.15) is 0 Å². The maximum Gasteiger partial charge on any atom is 0.337 e. The van der Waals surface area contributed by atoms with E-state index in [1.165, 1.54) is 4.90 Å². The molecule has 4 aromatic carbocycles. The minimum absolute atomic E-state index is 0.0112. The van der Waals surface area contributed by atoms with Crippen molar-refractivity contribution in [2.45, 2.75) is 45.9 Å². The molecule has 0 radical (unpaired) electrons. The van der Waals surface area contributed by atoms with Crippen molar-refractivity contribution in [1.82, 2.24) is 10.2 Å². The first-order chi connectivity index (χ1) is 21.2. The van der Waals surface area contributed by atoms with Crippen LogP contribution in [0.1, 0.15) is 31.9 Å². The van der Waals surface area contributed by atoms with Gasteiger partial charge in [-0.1, -0.05) is 111 Å². The average Bonchev–Trinajstić information content (AvgIpc) is 3.03. The summed E-state index contributed by atoms with van der Waals surface area (Å²) in [5.74, 6) is -1.36.